The van der Waals surface area contributed by atoms with Gasteiger partial charge < -0.3 is 0 Å². The molecule has 0 radical (unpaired) electrons. The van der Waals surface area contributed by atoms with Gasteiger partial charge in [-0.3, -0.25) is 0 Å². The molecule has 4 heteroatoms. The third kappa shape index (κ3) is 3.99. The van der Waals surface area contributed by atoms with Crippen molar-refractivity contribution in [2.24, 2.45) is 0 Å². The van der Waals surface area contributed by atoms with Crippen molar-refractivity contribution >= 4 is 31.9 Å². The number of fused-ring (bicyclic) bond motifs is 3. The molecule has 116 valence electrons. The van der Waals surface area contributed by atoms with Crippen molar-refractivity contribution in [2.75, 3.05) is 13.2 Å². The van der Waals surface area contributed by atoms with Crippen LogP contribution in [0, 0.1) is 0 Å². The van der Waals surface area contributed by atoms with Crippen LogP contribution in [-0.4, -0.2) is 13.2 Å². The summed E-state index contributed by atoms with van der Waals surface area (Å²) in [4.78, 5) is 9.14. The van der Waals surface area contributed by atoms with Crippen LogP contribution >= 0.6 is 31.9 Å². The maximum absolute atomic E-state index is 4.57. The van der Waals surface area contributed by atoms with Crippen molar-refractivity contribution in [2.45, 2.75) is 25.7 Å². The smallest absolute Gasteiger partial charge is 0.0823 e. The van der Waals surface area contributed by atoms with Gasteiger partial charge in [-0.1, -0.05) is 44.0 Å². The first-order valence-electron chi connectivity index (χ1n) is 7.56. The molecule has 4 rings (SSSR count). The van der Waals surface area contributed by atoms with Crippen molar-refractivity contribution in [1.29, 1.82) is 0 Å². The first-order valence-corrected chi connectivity index (χ1v) is 9.14. The molecule has 22 heavy (non-hydrogen) atoms. The molecule has 0 atom stereocenters. The van der Waals surface area contributed by atoms with Gasteiger partial charge in [-0.2, -0.15) is 0 Å². The number of halogens is 2. The van der Waals surface area contributed by atoms with Crippen LogP contribution in [0.25, 0.3) is 11.1 Å². The summed E-state index contributed by atoms with van der Waals surface area (Å²) in [5.74, 6) is 0. The highest BCUT2D eigenvalue weighted by molar-refractivity contribution is 9.10. The Labute approximate surface area is 148 Å². The molecular weight excluding hydrogens is 408 g/mol. The molecule has 2 aliphatic rings. The fourth-order valence-electron chi connectivity index (χ4n) is 2.77. The van der Waals surface area contributed by atoms with Crippen molar-refractivity contribution < 1.29 is 9.78 Å². The Kier molecular flexibility index (Phi) is 5.69. The molecule has 1 fully saturated rings. The topological polar surface area (TPSA) is 18.5 Å². The lowest BCUT2D eigenvalue weighted by molar-refractivity contribution is -0.312. The van der Waals surface area contributed by atoms with E-state index in [4.69, 9.17) is 0 Å². The summed E-state index contributed by atoms with van der Waals surface area (Å²) in [5.41, 5.74) is 5.67. The highest BCUT2D eigenvalue weighted by Gasteiger charge is 2.15. The summed E-state index contributed by atoms with van der Waals surface area (Å²) in [6, 6.07) is 13.1. The molecule has 0 aromatic heterocycles. The maximum Gasteiger partial charge on any atom is 0.0823 e. The summed E-state index contributed by atoms with van der Waals surface area (Å²) in [6.07, 6.45) is 4.58. The van der Waals surface area contributed by atoms with Gasteiger partial charge in [0.15, 0.2) is 0 Å². The maximum atomic E-state index is 4.57. The molecule has 0 N–H and O–H groups in total. The predicted molar refractivity (Wildman–Crippen MR) is 95.8 cm³/mol. The summed E-state index contributed by atoms with van der Waals surface area (Å²) < 4.78 is 2.35. The molecule has 0 spiro atoms. The van der Waals surface area contributed by atoms with Gasteiger partial charge in [0.1, 0.15) is 0 Å². The molecule has 0 unspecified atom stereocenters. The Hall–Kier alpha value is -0.680. The second-order valence-electron chi connectivity index (χ2n) is 5.45. The quantitative estimate of drug-likeness (QED) is 0.503. The minimum atomic E-state index is 0.778. The number of aryl methyl sites for hydroxylation is 2. The zero-order chi connectivity index (χ0) is 15.4. The lowest BCUT2D eigenvalue weighted by Crippen LogP contribution is -2.05. The molecule has 0 amide bonds. The van der Waals surface area contributed by atoms with Crippen LogP contribution in [0.5, 0.6) is 0 Å². The van der Waals surface area contributed by atoms with Gasteiger partial charge >= 0.3 is 0 Å². The van der Waals surface area contributed by atoms with E-state index < -0.39 is 0 Å². The molecule has 2 aromatic carbocycles. The minimum Gasteiger partial charge on any atom is -0.237 e. The van der Waals surface area contributed by atoms with Gasteiger partial charge in [0.2, 0.25) is 0 Å². The number of hydrogen-bond donors (Lipinski definition) is 0. The second kappa shape index (κ2) is 7.73. The van der Waals surface area contributed by atoms with Crippen LogP contribution < -0.4 is 0 Å². The van der Waals surface area contributed by atoms with Crippen LogP contribution in [0.2, 0.25) is 0 Å². The van der Waals surface area contributed by atoms with Crippen molar-refractivity contribution in [3.63, 3.8) is 0 Å². The molecule has 2 aromatic rings. The highest BCUT2D eigenvalue weighted by atomic mass is 79.9. The van der Waals surface area contributed by atoms with E-state index in [1.54, 1.807) is 0 Å². The van der Waals surface area contributed by atoms with Crippen LogP contribution in [0.1, 0.15) is 24.0 Å². The molecule has 2 nitrogen and oxygen atoms in total. The third-order valence-corrected chi connectivity index (χ3v) is 4.86. The van der Waals surface area contributed by atoms with E-state index in [9.17, 15) is 0 Å². The van der Waals surface area contributed by atoms with Gasteiger partial charge in [-0.25, -0.2) is 9.78 Å². The number of hydrogen-bond acceptors (Lipinski definition) is 2. The summed E-state index contributed by atoms with van der Waals surface area (Å²) >= 11 is 7.07. The Balaban J connectivity index is 0.000000202. The Morgan fingerprint density at radius 2 is 1.14 bits per heavy atom. The van der Waals surface area contributed by atoms with Crippen molar-refractivity contribution in [1.82, 2.24) is 0 Å². The molecule has 1 saturated heterocycles. The summed E-state index contributed by atoms with van der Waals surface area (Å²) in [5, 5.41) is 0. The summed E-state index contributed by atoms with van der Waals surface area (Å²) in [7, 11) is 0. The van der Waals surface area contributed by atoms with Crippen molar-refractivity contribution in [3.05, 3.63) is 56.5 Å². The molecule has 1 heterocycles. The molecule has 0 saturated carbocycles. The van der Waals surface area contributed by atoms with Crippen LogP contribution in [-0.2, 0) is 22.6 Å². The predicted octanol–water partition coefficient (Wildman–Crippen LogP) is 5.71. The van der Waals surface area contributed by atoms with E-state index in [0.29, 0.717) is 0 Å². The summed E-state index contributed by atoms with van der Waals surface area (Å²) in [6.45, 7) is 1.56. The van der Waals surface area contributed by atoms with Crippen LogP contribution in [0.4, 0.5) is 0 Å². The van der Waals surface area contributed by atoms with Gasteiger partial charge in [-0.05, 0) is 72.2 Å². The largest absolute Gasteiger partial charge is 0.237 e. The lowest BCUT2D eigenvalue weighted by atomic mass is 9.86. The average molecular weight is 426 g/mol. The Morgan fingerprint density at radius 1 is 0.682 bits per heavy atom. The first kappa shape index (κ1) is 16.2. The zero-order valence-corrected chi connectivity index (χ0v) is 15.5. The second-order valence-corrected chi connectivity index (χ2v) is 7.29. The van der Waals surface area contributed by atoms with Gasteiger partial charge in [0.25, 0.3) is 0 Å². The van der Waals surface area contributed by atoms with Gasteiger partial charge in [0.05, 0.1) is 13.2 Å². The minimum absolute atomic E-state index is 0.778. The van der Waals surface area contributed by atoms with E-state index in [2.05, 4.69) is 78.0 Å². The standard InChI is InChI=1S/C14H10Br2.C4H8O2/c15-11-3-5-13-9(7-11)1-2-10-8-12(16)4-6-14(10)13;1-2-4-6-5-3-1/h3-8H,1-2H2;1-4H2. The van der Waals surface area contributed by atoms with Crippen LogP contribution in [0.15, 0.2) is 45.3 Å². The number of rotatable bonds is 0. The van der Waals surface area contributed by atoms with E-state index in [1.807, 2.05) is 0 Å². The van der Waals surface area contributed by atoms with E-state index in [1.165, 1.54) is 31.2 Å². The highest BCUT2D eigenvalue weighted by Crippen LogP contribution is 2.36. The normalized spacial score (nSPS) is 16.1. The molecule has 0 bridgehead atoms. The van der Waals surface area contributed by atoms with Crippen LogP contribution in [0.3, 0.4) is 0 Å². The van der Waals surface area contributed by atoms with Gasteiger partial charge in [0, 0.05) is 8.95 Å². The molecule has 1 aliphatic carbocycles. The van der Waals surface area contributed by atoms with Crippen molar-refractivity contribution in [3.8, 4) is 11.1 Å². The molecule has 1 aliphatic heterocycles. The SMILES string of the molecule is Brc1ccc2c(c1)CCc1cc(Br)ccc1-2.C1CCOOC1. The van der Waals surface area contributed by atoms with Gasteiger partial charge in [-0.15, -0.1) is 0 Å². The average Bonchev–Trinajstić information content (AvgIpc) is 2.56. The first-order chi connectivity index (χ1) is 10.7. The Morgan fingerprint density at radius 3 is 1.50 bits per heavy atom. The molecular formula is C18H18Br2O2. The monoisotopic (exact) mass is 424 g/mol. The Bertz CT molecular complexity index is 589. The lowest BCUT2D eigenvalue weighted by Gasteiger charge is -2.20. The number of benzene rings is 2. The third-order valence-electron chi connectivity index (χ3n) is 3.88. The van der Waals surface area contributed by atoms with E-state index in [0.717, 1.165) is 38.9 Å². The fraction of sp³-hybridized carbons (Fsp3) is 0.333. The van der Waals surface area contributed by atoms with E-state index in [-0.39, 0.29) is 0 Å². The fourth-order valence-corrected chi connectivity index (χ4v) is 3.59. The zero-order valence-electron chi connectivity index (χ0n) is 12.3. The van der Waals surface area contributed by atoms with E-state index >= 15 is 0 Å².